The summed E-state index contributed by atoms with van der Waals surface area (Å²) in [5.41, 5.74) is -1.56. The normalized spacial score (nSPS) is 33.6. The zero-order chi connectivity index (χ0) is 15.1. The maximum absolute atomic E-state index is 12.7. The molecule has 0 aromatic carbocycles. The average molecular weight is 315 g/mol. The van der Waals surface area contributed by atoms with Crippen molar-refractivity contribution in [3.05, 3.63) is 23.1 Å². The number of carbonyl (C=O) groups excluding carboxylic acids is 1. The van der Waals surface area contributed by atoms with E-state index in [0.717, 1.165) is 4.31 Å². The van der Waals surface area contributed by atoms with Crippen molar-refractivity contribution in [2.75, 3.05) is 26.4 Å². The van der Waals surface area contributed by atoms with Crippen LogP contribution in [0.3, 0.4) is 0 Å². The molecule has 116 valence electrons. The molecule has 0 bridgehead atoms. The molecule has 1 N–H and O–H groups in total. The van der Waals surface area contributed by atoms with Crippen LogP contribution in [0.25, 0.3) is 0 Å². The first kappa shape index (κ1) is 14.7. The highest BCUT2D eigenvalue weighted by Crippen LogP contribution is 2.45. The number of nitrogens with zero attached hydrogens (tertiary/aromatic N) is 1. The maximum Gasteiger partial charge on any atom is 0.277 e. The van der Waals surface area contributed by atoms with Crippen molar-refractivity contribution in [1.29, 1.82) is 0 Å². The number of carbonyl (C=O) groups is 1. The van der Waals surface area contributed by atoms with E-state index >= 15 is 0 Å². The first-order valence-corrected chi connectivity index (χ1v) is 8.31. The lowest BCUT2D eigenvalue weighted by atomic mass is 9.89. The molecular formula is C13H17NO6S. The zero-order valence-electron chi connectivity index (χ0n) is 11.4. The Labute approximate surface area is 122 Å². The number of amides is 1. The summed E-state index contributed by atoms with van der Waals surface area (Å²) in [5.74, 6) is -0.597. The van der Waals surface area contributed by atoms with Crippen LogP contribution < -0.4 is 0 Å². The summed E-state index contributed by atoms with van der Waals surface area (Å²) in [6, 6.07) is 0. The first-order chi connectivity index (χ1) is 10.0. The van der Waals surface area contributed by atoms with E-state index in [1.807, 2.05) is 0 Å². The Balaban J connectivity index is 2.00. The van der Waals surface area contributed by atoms with Gasteiger partial charge in [-0.25, -0.2) is 12.7 Å². The fourth-order valence-corrected chi connectivity index (χ4v) is 4.77. The molecule has 0 saturated carbocycles. The van der Waals surface area contributed by atoms with Crippen molar-refractivity contribution in [2.45, 2.75) is 24.5 Å². The monoisotopic (exact) mass is 315 g/mol. The van der Waals surface area contributed by atoms with Crippen LogP contribution in [0.5, 0.6) is 0 Å². The summed E-state index contributed by atoms with van der Waals surface area (Å²) in [4.78, 5) is 12.7. The summed E-state index contributed by atoms with van der Waals surface area (Å²) in [5, 5.41) is 8.81. The predicted octanol–water partition coefficient (Wildman–Crippen LogP) is -0.461. The fraction of sp³-hybridized carbons (Fsp3) is 0.615. The lowest BCUT2D eigenvalue weighted by molar-refractivity contribution is -0.183. The van der Waals surface area contributed by atoms with Crippen LogP contribution in [0.15, 0.2) is 23.1 Å². The number of aliphatic hydroxyl groups excluding tert-OH is 1. The number of rotatable bonds is 4. The molecule has 2 aliphatic heterocycles. The number of aliphatic hydroxyl groups is 1. The van der Waals surface area contributed by atoms with Crippen molar-refractivity contribution < 1.29 is 27.8 Å². The van der Waals surface area contributed by atoms with Crippen LogP contribution >= 0.6 is 0 Å². The van der Waals surface area contributed by atoms with Gasteiger partial charge in [0.25, 0.3) is 15.9 Å². The second-order valence-electron chi connectivity index (χ2n) is 5.10. The molecule has 0 aromatic heterocycles. The van der Waals surface area contributed by atoms with Gasteiger partial charge in [-0.2, -0.15) is 0 Å². The van der Waals surface area contributed by atoms with Crippen molar-refractivity contribution in [3.63, 3.8) is 0 Å². The summed E-state index contributed by atoms with van der Waals surface area (Å²) >= 11 is 0. The quantitative estimate of drug-likeness (QED) is 0.706. The third-order valence-corrected chi connectivity index (χ3v) is 5.82. The SMILES string of the molecule is O=C1N(CCCCO)S(=O)(=O)C2=CC=CC3OCCOC123. The van der Waals surface area contributed by atoms with E-state index < -0.39 is 27.6 Å². The van der Waals surface area contributed by atoms with E-state index in [1.54, 1.807) is 12.2 Å². The van der Waals surface area contributed by atoms with Crippen molar-refractivity contribution in [1.82, 2.24) is 4.31 Å². The summed E-state index contributed by atoms with van der Waals surface area (Å²) < 4.78 is 37.2. The molecular weight excluding hydrogens is 298 g/mol. The van der Waals surface area contributed by atoms with Gasteiger partial charge in [0, 0.05) is 13.2 Å². The molecule has 21 heavy (non-hydrogen) atoms. The summed E-state index contributed by atoms with van der Waals surface area (Å²) in [7, 11) is -3.89. The van der Waals surface area contributed by atoms with E-state index in [0.29, 0.717) is 19.4 Å². The fourth-order valence-electron chi connectivity index (χ4n) is 2.92. The third kappa shape index (κ3) is 1.97. The molecule has 8 heteroatoms. The lowest BCUT2D eigenvalue weighted by Gasteiger charge is -2.38. The minimum absolute atomic E-state index is 0.0386. The number of hydrogen-bond donors (Lipinski definition) is 1. The molecule has 0 radical (unpaired) electrons. The van der Waals surface area contributed by atoms with E-state index in [9.17, 15) is 13.2 Å². The van der Waals surface area contributed by atoms with Gasteiger partial charge in [0.2, 0.25) is 5.60 Å². The smallest absolute Gasteiger partial charge is 0.277 e. The number of unbranched alkanes of at least 4 members (excludes halogenated alkanes) is 1. The number of hydrogen-bond acceptors (Lipinski definition) is 6. The van der Waals surface area contributed by atoms with Gasteiger partial charge >= 0.3 is 0 Å². The summed E-state index contributed by atoms with van der Waals surface area (Å²) in [6.45, 7) is 0.492. The second kappa shape index (κ2) is 5.20. The highest BCUT2D eigenvalue weighted by molar-refractivity contribution is 7.94. The van der Waals surface area contributed by atoms with Crippen molar-refractivity contribution in [3.8, 4) is 0 Å². The lowest BCUT2D eigenvalue weighted by Crippen LogP contribution is -2.57. The van der Waals surface area contributed by atoms with Crippen LogP contribution in [-0.2, 0) is 24.3 Å². The standard InChI is InChI=1S/C13H17NO6S/c15-7-2-1-6-14-12(16)13-10(19-8-9-20-13)4-3-5-11(13)21(14,17)18/h3-5,10,15H,1-2,6-9H2. The molecule has 2 saturated heterocycles. The number of allylic oxidation sites excluding steroid dienone is 2. The van der Waals surface area contributed by atoms with Gasteiger partial charge in [-0.3, -0.25) is 4.79 Å². The second-order valence-corrected chi connectivity index (χ2v) is 6.94. The van der Waals surface area contributed by atoms with Gasteiger partial charge in [-0.1, -0.05) is 12.2 Å². The minimum atomic E-state index is -3.89. The van der Waals surface area contributed by atoms with Crippen LogP contribution in [0.1, 0.15) is 12.8 Å². The number of sulfonamides is 1. The Kier molecular flexibility index (Phi) is 3.64. The van der Waals surface area contributed by atoms with Crippen molar-refractivity contribution in [2.24, 2.45) is 0 Å². The molecule has 2 heterocycles. The number of ether oxygens (including phenoxy) is 2. The average Bonchev–Trinajstić information content (AvgIpc) is 2.65. The maximum atomic E-state index is 12.7. The molecule has 2 unspecified atom stereocenters. The van der Waals surface area contributed by atoms with Gasteiger partial charge in [0.1, 0.15) is 11.0 Å². The van der Waals surface area contributed by atoms with Crippen LogP contribution in [0.2, 0.25) is 0 Å². The molecule has 3 rings (SSSR count). The van der Waals surface area contributed by atoms with E-state index in [2.05, 4.69) is 0 Å². The third-order valence-electron chi connectivity index (χ3n) is 3.89. The van der Waals surface area contributed by atoms with E-state index in [-0.39, 0.29) is 24.7 Å². The molecule has 1 aliphatic carbocycles. The van der Waals surface area contributed by atoms with Crippen LogP contribution in [0, 0.1) is 0 Å². The molecule has 1 amide bonds. The highest BCUT2D eigenvalue weighted by Gasteiger charge is 2.65. The van der Waals surface area contributed by atoms with Gasteiger partial charge < -0.3 is 14.6 Å². The highest BCUT2D eigenvalue weighted by atomic mass is 32.2. The Morgan fingerprint density at radius 1 is 1.38 bits per heavy atom. The van der Waals surface area contributed by atoms with Gasteiger partial charge in [0.05, 0.1) is 13.2 Å². The van der Waals surface area contributed by atoms with E-state index in [4.69, 9.17) is 14.6 Å². The zero-order valence-corrected chi connectivity index (χ0v) is 12.2. The van der Waals surface area contributed by atoms with Crippen molar-refractivity contribution >= 4 is 15.9 Å². The molecule has 2 atom stereocenters. The molecule has 1 spiro atoms. The topological polar surface area (TPSA) is 93.1 Å². The van der Waals surface area contributed by atoms with Crippen LogP contribution in [-0.4, -0.2) is 61.8 Å². The first-order valence-electron chi connectivity index (χ1n) is 6.87. The predicted molar refractivity (Wildman–Crippen MR) is 72.6 cm³/mol. The minimum Gasteiger partial charge on any atom is -0.396 e. The Bertz CT molecular complexity index is 610. The Morgan fingerprint density at radius 3 is 2.95 bits per heavy atom. The molecule has 0 aromatic rings. The van der Waals surface area contributed by atoms with E-state index in [1.165, 1.54) is 6.08 Å². The Morgan fingerprint density at radius 2 is 2.19 bits per heavy atom. The molecule has 7 nitrogen and oxygen atoms in total. The summed E-state index contributed by atoms with van der Waals surface area (Å²) in [6.07, 6.45) is 4.76. The largest absolute Gasteiger partial charge is 0.396 e. The van der Waals surface area contributed by atoms with Crippen LogP contribution in [0.4, 0.5) is 0 Å². The Hall–Kier alpha value is -1.22. The van der Waals surface area contributed by atoms with Gasteiger partial charge in [0.15, 0.2) is 0 Å². The van der Waals surface area contributed by atoms with Gasteiger partial charge in [-0.05, 0) is 18.9 Å². The molecule has 3 aliphatic rings. The van der Waals surface area contributed by atoms with Gasteiger partial charge in [-0.15, -0.1) is 0 Å². The molecule has 2 fully saturated rings.